The summed E-state index contributed by atoms with van der Waals surface area (Å²) < 4.78 is 28.4. The molecule has 0 aliphatic heterocycles. The quantitative estimate of drug-likeness (QED) is 0.265. The van der Waals surface area contributed by atoms with Gasteiger partial charge in [-0.2, -0.15) is 0 Å². The summed E-state index contributed by atoms with van der Waals surface area (Å²) in [4.78, 5) is 92.7. The van der Waals surface area contributed by atoms with Crippen LogP contribution in [0, 0.1) is 17.3 Å². The minimum absolute atomic E-state index is 0.0356. The smallest absolute Gasteiger partial charge is 0.338 e. The average molecular weight is 671 g/mol. The molecule has 3 rings (SSSR count). The van der Waals surface area contributed by atoms with Crippen molar-refractivity contribution in [2.45, 2.75) is 97.4 Å². The highest BCUT2D eigenvalue weighted by molar-refractivity contribution is 5.96. The Morgan fingerprint density at radius 3 is 1.83 bits per heavy atom. The highest BCUT2D eigenvalue weighted by Crippen LogP contribution is 2.52. The number of rotatable bonds is 6. The third-order valence-electron chi connectivity index (χ3n) is 8.40. The summed E-state index contributed by atoms with van der Waals surface area (Å²) in [7, 11) is 0. The lowest BCUT2D eigenvalue weighted by atomic mass is 9.72. The fourth-order valence-corrected chi connectivity index (χ4v) is 6.37. The Morgan fingerprint density at radius 1 is 0.771 bits per heavy atom. The maximum atomic E-state index is 14.5. The van der Waals surface area contributed by atoms with Gasteiger partial charge in [0.1, 0.15) is 17.8 Å². The Labute approximate surface area is 278 Å². The van der Waals surface area contributed by atoms with Crippen LogP contribution in [-0.2, 0) is 52.5 Å². The van der Waals surface area contributed by atoms with E-state index in [1.807, 2.05) is 0 Å². The summed E-state index contributed by atoms with van der Waals surface area (Å²) in [6.07, 6.45) is -5.17. The van der Waals surface area contributed by atoms with Crippen molar-refractivity contribution < 1.29 is 62.4 Å². The summed E-state index contributed by atoms with van der Waals surface area (Å²) in [6.45, 7) is 13.8. The zero-order valence-electron chi connectivity index (χ0n) is 28.3. The fourth-order valence-electron chi connectivity index (χ4n) is 6.37. The molecule has 0 aromatic heterocycles. The Hall–Kier alpha value is -4.65. The van der Waals surface area contributed by atoms with Crippen LogP contribution in [-0.4, -0.2) is 82.1 Å². The van der Waals surface area contributed by atoms with Gasteiger partial charge in [0, 0.05) is 51.0 Å². The van der Waals surface area contributed by atoms with Crippen molar-refractivity contribution in [2.24, 2.45) is 17.3 Å². The molecule has 2 aliphatic carbocycles. The maximum Gasteiger partial charge on any atom is 0.338 e. The van der Waals surface area contributed by atoms with Crippen LogP contribution >= 0.6 is 0 Å². The minimum Gasteiger partial charge on any atom is -0.459 e. The van der Waals surface area contributed by atoms with Crippen LogP contribution in [0.3, 0.4) is 0 Å². The van der Waals surface area contributed by atoms with Crippen LogP contribution < -0.4 is 0 Å². The number of hydrogen-bond donors (Lipinski definition) is 1. The van der Waals surface area contributed by atoms with Gasteiger partial charge in [-0.3, -0.25) is 28.8 Å². The molecule has 8 atom stereocenters. The van der Waals surface area contributed by atoms with E-state index in [1.165, 1.54) is 52.0 Å². The van der Waals surface area contributed by atoms with Crippen LogP contribution in [0.2, 0.25) is 0 Å². The number of carbonyl (C=O) groups excluding carboxylic acids is 7. The highest BCUT2D eigenvalue weighted by Gasteiger charge is 2.70. The third-order valence-corrected chi connectivity index (χ3v) is 8.40. The van der Waals surface area contributed by atoms with Crippen LogP contribution in [0.5, 0.6) is 0 Å². The van der Waals surface area contributed by atoms with E-state index >= 15 is 0 Å². The molecule has 0 spiro atoms. The van der Waals surface area contributed by atoms with E-state index in [0.717, 1.165) is 27.7 Å². The second-order valence-electron chi connectivity index (χ2n) is 13.0. The van der Waals surface area contributed by atoms with Crippen LogP contribution in [0.25, 0.3) is 0 Å². The maximum absolute atomic E-state index is 14.5. The second-order valence-corrected chi connectivity index (χ2v) is 13.0. The molecule has 260 valence electrons. The molecule has 0 amide bonds. The lowest BCUT2D eigenvalue weighted by molar-refractivity contribution is -0.187. The molecule has 2 aliphatic rings. The number of allylic oxidation sites excluding steroid dienone is 2. The first-order valence-corrected chi connectivity index (χ1v) is 15.3. The molecule has 48 heavy (non-hydrogen) atoms. The predicted molar refractivity (Wildman–Crippen MR) is 167 cm³/mol. The molecule has 1 aromatic carbocycles. The van der Waals surface area contributed by atoms with Gasteiger partial charge in [-0.05, 0) is 32.9 Å². The molecule has 1 fully saturated rings. The predicted octanol–water partition coefficient (Wildman–Crippen LogP) is 3.01. The number of benzene rings is 1. The summed E-state index contributed by atoms with van der Waals surface area (Å²) in [6, 6.07) is 7.62. The molecule has 1 unspecified atom stereocenters. The number of esters is 5. The van der Waals surface area contributed by atoms with Gasteiger partial charge in [-0.15, -0.1) is 0 Å². The topological polar surface area (TPSA) is 186 Å². The number of aliphatic hydroxyl groups is 1. The fraction of sp³-hybridized carbons (Fsp3) is 0.514. The second kappa shape index (κ2) is 14.2. The largest absolute Gasteiger partial charge is 0.459 e. The van der Waals surface area contributed by atoms with Crippen molar-refractivity contribution >= 4 is 41.4 Å². The van der Waals surface area contributed by atoms with Gasteiger partial charge in [0.05, 0.1) is 11.5 Å². The molecule has 0 saturated heterocycles. The summed E-state index contributed by atoms with van der Waals surface area (Å²) in [5, 5.41) is 11.7. The summed E-state index contributed by atoms with van der Waals surface area (Å²) >= 11 is 0. The van der Waals surface area contributed by atoms with Crippen molar-refractivity contribution in [1.82, 2.24) is 0 Å². The van der Waals surface area contributed by atoms with Crippen molar-refractivity contribution in [3.63, 3.8) is 0 Å². The molecular weight excluding hydrogens is 628 g/mol. The zero-order chi connectivity index (χ0) is 36.4. The lowest BCUT2D eigenvalue weighted by Gasteiger charge is -2.42. The van der Waals surface area contributed by atoms with Crippen molar-refractivity contribution in [3.8, 4) is 0 Å². The average Bonchev–Trinajstić information content (AvgIpc) is 3.19. The number of carbonyl (C=O) groups is 7. The normalized spacial score (nSPS) is 32.4. The highest BCUT2D eigenvalue weighted by atomic mass is 16.6. The van der Waals surface area contributed by atoms with E-state index in [4.69, 9.17) is 23.7 Å². The van der Waals surface area contributed by atoms with Gasteiger partial charge in [-0.25, -0.2) is 4.79 Å². The first-order chi connectivity index (χ1) is 22.1. The summed E-state index contributed by atoms with van der Waals surface area (Å²) in [5.74, 6) is -9.11. The molecular formula is C35H42O13. The van der Waals surface area contributed by atoms with Crippen molar-refractivity contribution in [2.75, 3.05) is 0 Å². The number of hydrogen-bond acceptors (Lipinski definition) is 13. The van der Waals surface area contributed by atoms with Crippen molar-refractivity contribution in [1.29, 1.82) is 0 Å². The molecule has 1 N–H and O–H groups in total. The standard InChI is InChI=1S/C35H42O13/c1-18-15-16-33(7,8)30(41)28(45-21(4)37)27(47-32(42)24-13-11-10-12-14-24)19(2)26(44-20(3)36)25-31(46-22(5)38)34(9,43)17-35(25,29(18)40)48-23(6)39/h10-16,18,25-28,31,43H,2,17H2,1,3-9H3/b16-15+/t18-,25?,26+,27+,28-,31-,34-,35-/m1/s1. The van der Waals surface area contributed by atoms with Crippen molar-refractivity contribution in [3.05, 3.63) is 60.2 Å². The molecule has 1 saturated carbocycles. The van der Waals surface area contributed by atoms with Gasteiger partial charge in [0.15, 0.2) is 23.3 Å². The Balaban J connectivity index is 2.48. The number of ether oxygens (including phenoxy) is 5. The van der Waals surface area contributed by atoms with E-state index in [9.17, 15) is 38.7 Å². The summed E-state index contributed by atoms with van der Waals surface area (Å²) in [5.41, 5.74) is -6.25. The van der Waals surface area contributed by atoms with E-state index in [0.29, 0.717) is 0 Å². The first kappa shape index (κ1) is 37.8. The van der Waals surface area contributed by atoms with Gasteiger partial charge >= 0.3 is 29.8 Å². The number of Topliss-reactive ketones (excluding diaryl/α,β-unsaturated/α-hetero) is 2. The van der Waals surface area contributed by atoms with E-state index in [1.54, 1.807) is 18.2 Å². The van der Waals surface area contributed by atoms with E-state index in [2.05, 4.69) is 6.58 Å². The van der Waals surface area contributed by atoms with E-state index in [-0.39, 0.29) is 5.56 Å². The van der Waals surface area contributed by atoms with Crippen LogP contribution in [0.4, 0.5) is 0 Å². The van der Waals surface area contributed by atoms with Gasteiger partial charge in [-0.1, -0.05) is 43.9 Å². The monoisotopic (exact) mass is 670 g/mol. The Kier molecular flexibility index (Phi) is 11.2. The Bertz CT molecular complexity index is 1520. The number of fused-ring (bicyclic) bond motifs is 1. The van der Waals surface area contributed by atoms with E-state index < -0.39 is 106 Å². The van der Waals surface area contributed by atoms with Gasteiger partial charge < -0.3 is 28.8 Å². The SMILES string of the molecule is C=C1[C@H](OC(C)=O)C2[C@@H](OC(C)=O)[C@](C)(O)C[C@]2(OC(C)=O)C(=O)[C@H](C)/C=C/C(C)(C)C(=O)[C@H](OC(C)=O)[C@H]1OC(=O)c1ccccc1. The number of ketones is 2. The molecule has 0 bridgehead atoms. The molecule has 0 heterocycles. The molecule has 13 heteroatoms. The minimum atomic E-state index is -2.33. The lowest BCUT2D eigenvalue weighted by Crippen LogP contribution is -2.58. The van der Waals surface area contributed by atoms with Crippen LogP contribution in [0.1, 0.15) is 72.2 Å². The van der Waals surface area contributed by atoms with Gasteiger partial charge in [0.25, 0.3) is 0 Å². The zero-order valence-corrected chi connectivity index (χ0v) is 28.3. The third kappa shape index (κ3) is 7.89. The van der Waals surface area contributed by atoms with Crippen LogP contribution in [0.15, 0.2) is 54.6 Å². The molecule has 13 nitrogen and oxygen atoms in total. The molecule has 0 radical (unpaired) electrons. The Morgan fingerprint density at radius 2 is 1.31 bits per heavy atom. The first-order valence-electron chi connectivity index (χ1n) is 15.3. The van der Waals surface area contributed by atoms with Gasteiger partial charge in [0.2, 0.25) is 6.10 Å². The molecule has 1 aromatic rings.